The van der Waals surface area contributed by atoms with Gasteiger partial charge in [0, 0.05) is 0 Å². The number of aliphatic imine (C=N–C) groups is 1. The molecule has 0 saturated heterocycles. The number of hydrogen-bond acceptors (Lipinski definition) is 3. The molecule has 0 rings (SSSR count). The van der Waals surface area contributed by atoms with E-state index in [1.54, 1.807) is 19.0 Å². The van der Waals surface area contributed by atoms with E-state index in [-0.39, 0.29) is 0 Å². The molecule has 3 heteroatoms. The van der Waals surface area contributed by atoms with Crippen molar-refractivity contribution in [3.8, 4) is 0 Å². The second-order valence-corrected chi connectivity index (χ2v) is 1.49. The van der Waals surface area contributed by atoms with Gasteiger partial charge in [0.2, 0.25) is 6.35 Å². The fourth-order valence-electron chi connectivity index (χ4n) is 0.163. The largest absolute Gasteiger partial charge is 0.359 e. The van der Waals surface area contributed by atoms with Gasteiger partial charge in [0.25, 0.3) is 0 Å². The molecule has 1 N–H and O–H groups in total. The number of aliphatic hydroxyl groups is 1. The van der Waals surface area contributed by atoms with Crippen molar-refractivity contribution in [3.63, 3.8) is 0 Å². The smallest absolute Gasteiger partial charge is 0.203 e. The van der Waals surface area contributed by atoms with Gasteiger partial charge in [-0.05, 0) is 20.8 Å². The molecule has 0 radical (unpaired) electrons. The average molecular weight is 102 g/mol. The summed E-state index contributed by atoms with van der Waals surface area (Å²) in [5, 5.41) is 8.63. The molecule has 0 spiro atoms. The van der Waals surface area contributed by atoms with Crippen molar-refractivity contribution >= 4 is 6.72 Å². The van der Waals surface area contributed by atoms with Gasteiger partial charge >= 0.3 is 0 Å². The van der Waals surface area contributed by atoms with Gasteiger partial charge in [-0.15, -0.1) is 0 Å². The van der Waals surface area contributed by atoms with E-state index in [1.165, 1.54) is 0 Å². The standard InChI is InChI=1S/C4H10N2O/c1-5-4(7)6(2)3/h4,7H,1H2,2-3H3. The van der Waals surface area contributed by atoms with Gasteiger partial charge in [0.15, 0.2) is 0 Å². The van der Waals surface area contributed by atoms with Gasteiger partial charge in [-0.1, -0.05) is 0 Å². The SMILES string of the molecule is C=NC(O)N(C)C. The fourth-order valence-corrected chi connectivity index (χ4v) is 0.163. The van der Waals surface area contributed by atoms with E-state index < -0.39 is 6.35 Å². The Kier molecular flexibility index (Phi) is 2.55. The predicted molar refractivity (Wildman–Crippen MR) is 29.2 cm³/mol. The van der Waals surface area contributed by atoms with Crippen LogP contribution in [0.3, 0.4) is 0 Å². The maximum Gasteiger partial charge on any atom is 0.203 e. The Hall–Kier alpha value is -0.410. The van der Waals surface area contributed by atoms with Crippen LogP contribution in [0, 0.1) is 0 Å². The first-order chi connectivity index (χ1) is 3.18. The lowest BCUT2D eigenvalue weighted by atomic mass is 10.8. The zero-order valence-corrected chi connectivity index (χ0v) is 4.63. The molecule has 0 saturated carbocycles. The second-order valence-electron chi connectivity index (χ2n) is 1.49. The molecule has 7 heavy (non-hydrogen) atoms. The highest BCUT2D eigenvalue weighted by Gasteiger charge is 1.97. The third kappa shape index (κ3) is 2.31. The Morgan fingerprint density at radius 2 is 2.14 bits per heavy atom. The van der Waals surface area contributed by atoms with Crippen LogP contribution in [-0.2, 0) is 0 Å². The van der Waals surface area contributed by atoms with Crippen molar-refractivity contribution < 1.29 is 5.11 Å². The Bertz CT molecular complexity index is 62.7. The van der Waals surface area contributed by atoms with Crippen LogP contribution in [0.1, 0.15) is 0 Å². The molecule has 0 aromatic rings. The van der Waals surface area contributed by atoms with Gasteiger partial charge in [-0.2, -0.15) is 0 Å². The maximum atomic E-state index is 8.63. The molecule has 0 aliphatic carbocycles. The zero-order valence-electron chi connectivity index (χ0n) is 4.63. The van der Waals surface area contributed by atoms with Crippen LogP contribution < -0.4 is 0 Å². The van der Waals surface area contributed by atoms with E-state index in [9.17, 15) is 0 Å². The van der Waals surface area contributed by atoms with Crippen molar-refractivity contribution in [2.24, 2.45) is 4.99 Å². The van der Waals surface area contributed by atoms with Gasteiger partial charge in [-0.25, -0.2) is 0 Å². The van der Waals surface area contributed by atoms with Gasteiger partial charge < -0.3 is 5.11 Å². The van der Waals surface area contributed by atoms with Gasteiger partial charge in [0.05, 0.1) is 0 Å². The minimum absolute atomic E-state index is 0.750. The number of hydrogen-bond donors (Lipinski definition) is 1. The molecule has 1 unspecified atom stereocenters. The zero-order chi connectivity index (χ0) is 5.86. The lowest BCUT2D eigenvalue weighted by Gasteiger charge is -2.11. The molecular weight excluding hydrogens is 92.1 g/mol. The fraction of sp³-hybridized carbons (Fsp3) is 0.750. The first kappa shape index (κ1) is 6.59. The van der Waals surface area contributed by atoms with Crippen molar-refractivity contribution in [1.29, 1.82) is 0 Å². The van der Waals surface area contributed by atoms with E-state index in [4.69, 9.17) is 5.11 Å². The number of nitrogens with zero attached hydrogens (tertiary/aromatic N) is 2. The van der Waals surface area contributed by atoms with Crippen molar-refractivity contribution in [2.45, 2.75) is 6.35 Å². The third-order valence-electron chi connectivity index (χ3n) is 0.625. The van der Waals surface area contributed by atoms with E-state index in [2.05, 4.69) is 11.7 Å². The predicted octanol–water partition coefficient (Wildman–Crippen LogP) is -0.476. The van der Waals surface area contributed by atoms with Crippen LogP contribution in [0.4, 0.5) is 0 Å². The summed E-state index contributed by atoms with van der Waals surface area (Å²) in [6, 6.07) is 0. The normalized spacial score (nSPS) is 14.3. The molecule has 0 fully saturated rings. The third-order valence-corrected chi connectivity index (χ3v) is 0.625. The monoisotopic (exact) mass is 102 g/mol. The van der Waals surface area contributed by atoms with Crippen molar-refractivity contribution in [1.82, 2.24) is 4.90 Å². The Morgan fingerprint density at radius 1 is 1.71 bits per heavy atom. The summed E-state index contributed by atoms with van der Waals surface area (Å²) in [5.41, 5.74) is 0. The van der Waals surface area contributed by atoms with Crippen LogP contribution in [-0.4, -0.2) is 37.2 Å². The summed E-state index contributed by atoms with van der Waals surface area (Å²) < 4.78 is 0. The van der Waals surface area contributed by atoms with Crippen LogP contribution in [0.2, 0.25) is 0 Å². The van der Waals surface area contributed by atoms with Crippen LogP contribution in [0.5, 0.6) is 0 Å². The minimum atomic E-state index is -0.750. The number of aliphatic hydroxyl groups excluding tert-OH is 1. The second kappa shape index (κ2) is 2.71. The molecule has 0 aromatic carbocycles. The Balaban J connectivity index is 3.33. The first-order valence-corrected chi connectivity index (χ1v) is 1.99. The maximum absolute atomic E-state index is 8.63. The number of rotatable bonds is 2. The molecule has 0 bridgehead atoms. The summed E-state index contributed by atoms with van der Waals surface area (Å²) in [6.07, 6.45) is -0.750. The van der Waals surface area contributed by atoms with Crippen LogP contribution in [0.15, 0.2) is 4.99 Å². The van der Waals surface area contributed by atoms with E-state index in [1.807, 2.05) is 0 Å². The van der Waals surface area contributed by atoms with Crippen molar-refractivity contribution in [3.05, 3.63) is 0 Å². The first-order valence-electron chi connectivity index (χ1n) is 1.99. The summed E-state index contributed by atoms with van der Waals surface area (Å²) in [6.45, 7) is 3.14. The molecule has 0 aliphatic heterocycles. The van der Waals surface area contributed by atoms with Gasteiger partial charge in [0.1, 0.15) is 0 Å². The molecule has 3 nitrogen and oxygen atoms in total. The Morgan fingerprint density at radius 3 is 2.14 bits per heavy atom. The average Bonchev–Trinajstić information content (AvgIpc) is 1.65. The molecule has 0 aromatic heterocycles. The molecule has 42 valence electrons. The molecule has 0 heterocycles. The van der Waals surface area contributed by atoms with Crippen LogP contribution >= 0.6 is 0 Å². The molecule has 1 atom stereocenters. The highest BCUT2D eigenvalue weighted by molar-refractivity contribution is 5.23. The van der Waals surface area contributed by atoms with E-state index in [0.717, 1.165) is 0 Å². The van der Waals surface area contributed by atoms with Crippen LogP contribution in [0.25, 0.3) is 0 Å². The van der Waals surface area contributed by atoms with Gasteiger partial charge in [-0.3, -0.25) is 9.89 Å². The summed E-state index contributed by atoms with van der Waals surface area (Å²) in [5.74, 6) is 0. The van der Waals surface area contributed by atoms with Crippen molar-refractivity contribution in [2.75, 3.05) is 14.1 Å². The lowest BCUT2D eigenvalue weighted by molar-refractivity contribution is 0.0500. The summed E-state index contributed by atoms with van der Waals surface area (Å²) in [4.78, 5) is 4.87. The summed E-state index contributed by atoms with van der Waals surface area (Å²) >= 11 is 0. The Labute approximate surface area is 43.3 Å². The highest BCUT2D eigenvalue weighted by atomic mass is 16.3. The molecular formula is C4H10N2O. The quantitative estimate of drug-likeness (QED) is 0.378. The van der Waals surface area contributed by atoms with E-state index >= 15 is 0 Å². The topological polar surface area (TPSA) is 35.8 Å². The lowest BCUT2D eigenvalue weighted by Crippen LogP contribution is -2.24. The molecule has 0 amide bonds. The minimum Gasteiger partial charge on any atom is -0.359 e. The van der Waals surface area contributed by atoms with E-state index in [0.29, 0.717) is 0 Å². The molecule has 0 aliphatic rings. The summed E-state index contributed by atoms with van der Waals surface area (Å²) in [7, 11) is 3.44. The highest BCUT2D eigenvalue weighted by Crippen LogP contribution is 1.83.